The van der Waals surface area contributed by atoms with E-state index in [1.165, 1.54) is 25.7 Å². The van der Waals surface area contributed by atoms with Crippen molar-refractivity contribution in [3.63, 3.8) is 0 Å². The lowest BCUT2D eigenvalue weighted by Crippen LogP contribution is -1.72. The summed E-state index contributed by atoms with van der Waals surface area (Å²) in [6.45, 7) is 4.16. The Morgan fingerprint density at radius 3 is 2.31 bits per heavy atom. The summed E-state index contributed by atoms with van der Waals surface area (Å²) >= 11 is 0. The first kappa shape index (κ1) is 12.2. The molecule has 13 heavy (non-hydrogen) atoms. The standard InChI is InChI=1S/C13H21/c1-3-5-7-9-11-13-12-10-8-6-4-2/h3,6-9H,4,10-13H2,1-2H3. The normalized spacial score (nSPS) is 12.5. The summed E-state index contributed by atoms with van der Waals surface area (Å²) in [5.74, 6) is 0. The van der Waals surface area contributed by atoms with Gasteiger partial charge in [0, 0.05) is 0 Å². The van der Waals surface area contributed by atoms with Crippen molar-refractivity contribution in [2.75, 3.05) is 0 Å². The zero-order valence-corrected chi connectivity index (χ0v) is 8.92. The van der Waals surface area contributed by atoms with Crippen LogP contribution in [0.15, 0.2) is 30.4 Å². The number of rotatable bonds is 7. The molecule has 0 aromatic rings. The zero-order chi connectivity index (χ0) is 9.78. The minimum atomic E-state index is 1.16. The molecule has 0 rings (SSSR count). The van der Waals surface area contributed by atoms with Crippen LogP contribution >= 0.6 is 0 Å². The fourth-order valence-corrected chi connectivity index (χ4v) is 1.06. The van der Waals surface area contributed by atoms with E-state index in [1.54, 1.807) is 0 Å². The van der Waals surface area contributed by atoms with Crippen LogP contribution in [0.4, 0.5) is 0 Å². The molecule has 0 unspecified atom stereocenters. The van der Waals surface area contributed by atoms with E-state index in [2.05, 4.69) is 31.2 Å². The largest absolute Gasteiger partial charge is 0.0888 e. The molecule has 0 aromatic carbocycles. The van der Waals surface area contributed by atoms with Crippen LogP contribution in [0.1, 0.15) is 46.0 Å². The van der Waals surface area contributed by atoms with Crippen LogP contribution in [-0.4, -0.2) is 0 Å². The van der Waals surface area contributed by atoms with Crippen LogP contribution in [0.2, 0.25) is 0 Å². The first-order valence-electron chi connectivity index (χ1n) is 5.25. The van der Waals surface area contributed by atoms with E-state index < -0.39 is 0 Å². The summed E-state index contributed by atoms with van der Waals surface area (Å²) in [5.41, 5.74) is 0. The Morgan fingerprint density at radius 1 is 1.00 bits per heavy atom. The summed E-state index contributed by atoms with van der Waals surface area (Å²) < 4.78 is 0. The van der Waals surface area contributed by atoms with Crippen LogP contribution in [0.3, 0.4) is 0 Å². The molecule has 0 heterocycles. The lowest BCUT2D eigenvalue weighted by atomic mass is 10.2. The molecule has 0 amide bonds. The van der Waals surface area contributed by atoms with Gasteiger partial charge in [-0.05, 0) is 45.1 Å². The molecule has 73 valence electrons. The Labute approximate surface area is 83.0 Å². The highest BCUT2D eigenvalue weighted by atomic mass is 13.9. The van der Waals surface area contributed by atoms with Crippen molar-refractivity contribution in [1.29, 1.82) is 0 Å². The molecule has 0 aliphatic heterocycles. The first-order valence-corrected chi connectivity index (χ1v) is 5.25. The monoisotopic (exact) mass is 177 g/mol. The Bertz CT molecular complexity index is 161. The minimum absolute atomic E-state index is 1.16. The van der Waals surface area contributed by atoms with Crippen LogP contribution in [0.25, 0.3) is 0 Å². The molecule has 0 saturated heterocycles. The molecule has 0 N–H and O–H groups in total. The van der Waals surface area contributed by atoms with E-state index in [9.17, 15) is 0 Å². The molecule has 0 aliphatic carbocycles. The molecular formula is C13H21. The number of unbranched alkanes of at least 4 members (excludes halogenated alkanes) is 3. The van der Waals surface area contributed by atoms with Gasteiger partial charge in [-0.1, -0.05) is 37.3 Å². The Balaban J connectivity index is 3.12. The number of allylic oxidation sites excluding steroid dienone is 6. The van der Waals surface area contributed by atoms with E-state index in [0.717, 1.165) is 6.42 Å². The van der Waals surface area contributed by atoms with Crippen LogP contribution in [-0.2, 0) is 0 Å². The Kier molecular flexibility index (Phi) is 10.5. The maximum Gasteiger partial charge on any atom is -0.0233 e. The Hall–Kier alpha value is -0.780. The molecular weight excluding hydrogens is 156 g/mol. The smallest absolute Gasteiger partial charge is 0.0233 e. The lowest BCUT2D eigenvalue weighted by molar-refractivity contribution is 0.761. The number of hydrogen-bond donors (Lipinski definition) is 0. The molecule has 0 heteroatoms. The van der Waals surface area contributed by atoms with E-state index in [1.807, 2.05) is 19.1 Å². The van der Waals surface area contributed by atoms with Gasteiger partial charge < -0.3 is 0 Å². The van der Waals surface area contributed by atoms with Gasteiger partial charge in [0.1, 0.15) is 0 Å². The van der Waals surface area contributed by atoms with E-state index in [4.69, 9.17) is 0 Å². The lowest BCUT2D eigenvalue weighted by Gasteiger charge is -1.91. The van der Waals surface area contributed by atoms with Crippen LogP contribution in [0.5, 0.6) is 0 Å². The number of hydrogen-bond acceptors (Lipinski definition) is 0. The van der Waals surface area contributed by atoms with Crippen molar-refractivity contribution >= 4 is 0 Å². The molecule has 0 nitrogen and oxygen atoms in total. The summed E-state index contributed by atoms with van der Waals surface area (Å²) in [7, 11) is 0. The molecule has 0 aliphatic rings. The minimum Gasteiger partial charge on any atom is -0.0888 e. The second-order valence-electron chi connectivity index (χ2n) is 3.02. The van der Waals surface area contributed by atoms with Crippen molar-refractivity contribution in [2.24, 2.45) is 0 Å². The van der Waals surface area contributed by atoms with Crippen molar-refractivity contribution in [1.82, 2.24) is 0 Å². The quantitative estimate of drug-likeness (QED) is 0.306. The maximum atomic E-state index is 3.04. The fraction of sp³-hybridized carbons (Fsp3) is 0.538. The molecule has 0 fully saturated rings. The maximum absolute atomic E-state index is 3.04. The first-order chi connectivity index (χ1) is 6.41. The van der Waals surface area contributed by atoms with E-state index in [-0.39, 0.29) is 0 Å². The third-order valence-electron chi connectivity index (χ3n) is 1.77. The fourth-order valence-electron chi connectivity index (χ4n) is 1.06. The van der Waals surface area contributed by atoms with Gasteiger partial charge in [-0.25, -0.2) is 0 Å². The zero-order valence-electron chi connectivity index (χ0n) is 8.92. The van der Waals surface area contributed by atoms with Gasteiger partial charge in [-0.3, -0.25) is 0 Å². The third-order valence-corrected chi connectivity index (χ3v) is 1.77. The summed E-state index contributed by atoms with van der Waals surface area (Å²) in [6.07, 6.45) is 19.8. The SMILES string of the molecule is CC=[C]C=CCCCCC=CCC. The van der Waals surface area contributed by atoms with Gasteiger partial charge in [0.05, 0.1) is 0 Å². The van der Waals surface area contributed by atoms with Gasteiger partial charge in [0.15, 0.2) is 0 Å². The second-order valence-corrected chi connectivity index (χ2v) is 3.02. The van der Waals surface area contributed by atoms with Crippen LogP contribution < -0.4 is 0 Å². The second kappa shape index (κ2) is 11.2. The van der Waals surface area contributed by atoms with E-state index >= 15 is 0 Å². The van der Waals surface area contributed by atoms with Gasteiger partial charge in [0.2, 0.25) is 0 Å². The van der Waals surface area contributed by atoms with Crippen LogP contribution in [0, 0.1) is 6.08 Å². The molecule has 1 radical (unpaired) electrons. The van der Waals surface area contributed by atoms with E-state index in [0.29, 0.717) is 0 Å². The average Bonchev–Trinajstić information content (AvgIpc) is 2.16. The van der Waals surface area contributed by atoms with Gasteiger partial charge >= 0.3 is 0 Å². The summed E-state index contributed by atoms with van der Waals surface area (Å²) in [6, 6.07) is 0. The Morgan fingerprint density at radius 2 is 1.69 bits per heavy atom. The molecule has 0 aromatic heterocycles. The molecule has 0 atom stereocenters. The summed E-state index contributed by atoms with van der Waals surface area (Å²) in [5, 5.41) is 0. The third kappa shape index (κ3) is 11.2. The molecule has 0 saturated carbocycles. The van der Waals surface area contributed by atoms with Gasteiger partial charge in [-0.2, -0.15) is 0 Å². The molecule has 0 spiro atoms. The average molecular weight is 177 g/mol. The topological polar surface area (TPSA) is 0 Å². The molecule has 0 bridgehead atoms. The van der Waals surface area contributed by atoms with Crippen molar-refractivity contribution in [3.05, 3.63) is 36.5 Å². The highest BCUT2D eigenvalue weighted by Gasteiger charge is 1.82. The summed E-state index contributed by atoms with van der Waals surface area (Å²) in [4.78, 5) is 0. The van der Waals surface area contributed by atoms with Crippen molar-refractivity contribution < 1.29 is 0 Å². The highest BCUT2D eigenvalue weighted by Crippen LogP contribution is 2.01. The predicted molar refractivity (Wildman–Crippen MR) is 60.5 cm³/mol. The van der Waals surface area contributed by atoms with Crippen molar-refractivity contribution in [2.45, 2.75) is 46.0 Å². The predicted octanol–water partition coefficient (Wildman–Crippen LogP) is 4.45. The van der Waals surface area contributed by atoms with Gasteiger partial charge in [0.25, 0.3) is 0 Å². The van der Waals surface area contributed by atoms with Crippen molar-refractivity contribution in [3.8, 4) is 0 Å². The highest BCUT2D eigenvalue weighted by molar-refractivity contribution is 4.93. The van der Waals surface area contributed by atoms with Gasteiger partial charge in [-0.15, -0.1) is 0 Å².